The van der Waals surface area contributed by atoms with Crippen LogP contribution in [-0.2, 0) is 16.1 Å². The second kappa shape index (κ2) is 5.40. The van der Waals surface area contributed by atoms with E-state index >= 15 is 0 Å². The van der Waals surface area contributed by atoms with Gasteiger partial charge in [-0.3, -0.25) is 9.59 Å². The zero-order valence-corrected chi connectivity index (χ0v) is 11.8. The highest BCUT2D eigenvalue weighted by Gasteiger charge is 2.48. The fraction of sp³-hybridized carbons (Fsp3) is 0.467. The molecule has 5 heteroatoms. The molecule has 2 N–H and O–H groups in total. The molecule has 0 aromatic carbocycles. The lowest BCUT2D eigenvalue weighted by Crippen LogP contribution is -2.48. The number of carbonyl (C=O) groups is 2. The van der Waals surface area contributed by atoms with Crippen LogP contribution in [0.3, 0.4) is 0 Å². The Morgan fingerprint density at radius 1 is 1.25 bits per heavy atom. The van der Waals surface area contributed by atoms with Crippen molar-refractivity contribution in [1.82, 2.24) is 5.32 Å². The van der Waals surface area contributed by atoms with E-state index in [4.69, 9.17) is 0 Å². The minimum Gasteiger partial charge on any atom is -0.481 e. The van der Waals surface area contributed by atoms with Crippen molar-refractivity contribution >= 4 is 23.2 Å². The predicted molar refractivity (Wildman–Crippen MR) is 76.1 cm³/mol. The third-order valence-electron chi connectivity index (χ3n) is 4.35. The standard InChI is InChI=1S/C15H17NO3S/c17-14(16-8-11-2-1-7-20-11)12-9-3-5-10(6-4-9)13(12)15(18)19/h1-3,5,7,9-10,12-13H,4,6,8H2,(H,16,17)(H,18,19)/t9-,10-,12+,13+/m0/s1. The van der Waals surface area contributed by atoms with E-state index in [1.54, 1.807) is 11.3 Å². The molecule has 4 atom stereocenters. The van der Waals surface area contributed by atoms with Gasteiger partial charge in [-0.2, -0.15) is 0 Å². The Bertz CT molecular complexity index is 537. The van der Waals surface area contributed by atoms with E-state index in [1.165, 1.54) is 0 Å². The first-order valence-electron chi connectivity index (χ1n) is 6.88. The Hall–Kier alpha value is -1.62. The van der Waals surface area contributed by atoms with E-state index in [0.29, 0.717) is 6.54 Å². The molecule has 106 valence electrons. The SMILES string of the molecule is O=C(O)[C@H]1[C@H](C(=O)NCc2cccs2)[C@H]2C=C[C@H]1CC2. The van der Waals surface area contributed by atoms with Crippen LogP contribution in [0.1, 0.15) is 17.7 Å². The first-order chi connectivity index (χ1) is 9.66. The summed E-state index contributed by atoms with van der Waals surface area (Å²) in [6.07, 6.45) is 5.81. The average Bonchev–Trinajstić information content (AvgIpc) is 2.98. The maximum atomic E-state index is 12.4. The van der Waals surface area contributed by atoms with Crippen molar-refractivity contribution in [3.8, 4) is 0 Å². The maximum absolute atomic E-state index is 12.4. The van der Waals surface area contributed by atoms with Crippen molar-refractivity contribution in [2.24, 2.45) is 23.7 Å². The van der Waals surface area contributed by atoms with Gasteiger partial charge in [0.05, 0.1) is 18.4 Å². The first-order valence-corrected chi connectivity index (χ1v) is 7.76. The molecule has 1 aromatic heterocycles. The number of rotatable bonds is 4. The van der Waals surface area contributed by atoms with Crippen LogP contribution in [0.4, 0.5) is 0 Å². The largest absolute Gasteiger partial charge is 0.481 e. The molecule has 1 heterocycles. The maximum Gasteiger partial charge on any atom is 0.307 e. The fourth-order valence-corrected chi connectivity index (χ4v) is 4.04. The predicted octanol–water partition coefficient (Wildman–Crippen LogP) is 2.28. The van der Waals surface area contributed by atoms with Crippen LogP contribution in [0.25, 0.3) is 0 Å². The van der Waals surface area contributed by atoms with Crippen LogP contribution in [-0.4, -0.2) is 17.0 Å². The molecule has 1 aromatic rings. The van der Waals surface area contributed by atoms with Gasteiger partial charge in [-0.1, -0.05) is 18.2 Å². The number of fused-ring (bicyclic) bond motifs is 2. The molecular weight excluding hydrogens is 274 g/mol. The molecule has 4 nitrogen and oxygen atoms in total. The molecule has 1 saturated carbocycles. The molecular formula is C15H17NO3S. The number of thiophene rings is 1. The Morgan fingerprint density at radius 3 is 2.50 bits per heavy atom. The number of amides is 1. The average molecular weight is 291 g/mol. The van der Waals surface area contributed by atoms with Crippen molar-refractivity contribution in [1.29, 1.82) is 0 Å². The number of aliphatic carboxylic acids is 1. The van der Waals surface area contributed by atoms with E-state index in [0.717, 1.165) is 17.7 Å². The summed E-state index contributed by atoms with van der Waals surface area (Å²) >= 11 is 1.59. The van der Waals surface area contributed by atoms with Crippen LogP contribution in [0.15, 0.2) is 29.7 Å². The van der Waals surface area contributed by atoms with Gasteiger partial charge < -0.3 is 10.4 Å². The highest BCUT2D eigenvalue weighted by molar-refractivity contribution is 7.09. The van der Waals surface area contributed by atoms with Gasteiger partial charge in [-0.25, -0.2) is 0 Å². The molecule has 0 unspecified atom stereocenters. The van der Waals surface area contributed by atoms with Crippen molar-refractivity contribution in [3.63, 3.8) is 0 Å². The summed E-state index contributed by atoms with van der Waals surface area (Å²) in [6.45, 7) is 0.487. The van der Waals surface area contributed by atoms with Crippen molar-refractivity contribution in [3.05, 3.63) is 34.5 Å². The highest BCUT2D eigenvalue weighted by atomic mass is 32.1. The van der Waals surface area contributed by atoms with E-state index in [1.807, 2.05) is 29.7 Å². The van der Waals surface area contributed by atoms with Gasteiger partial charge in [0, 0.05) is 4.88 Å². The summed E-state index contributed by atoms with van der Waals surface area (Å²) in [5, 5.41) is 14.3. The van der Waals surface area contributed by atoms with Crippen LogP contribution in [0.2, 0.25) is 0 Å². The minimum absolute atomic E-state index is 0.00925. The Kier molecular flexibility index (Phi) is 3.61. The molecule has 4 rings (SSSR count). The normalized spacial score (nSPS) is 31.2. The minimum atomic E-state index is -0.847. The summed E-state index contributed by atoms with van der Waals surface area (Å²) in [5.74, 6) is -1.87. The molecule has 1 fully saturated rings. The Balaban J connectivity index is 1.72. The number of hydrogen-bond donors (Lipinski definition) is 2. The highest BCUT2D eigenvalue weighted by Crippen LogP contribution is 2.45. The van der Waals surface area contributed by atoms with Gasteiger partial charge in [0.1, 0.15) is 0 Å². The number of carboxylic acid groups (broad SMARTS) is 1. The molecule has 20 heavy (non-hydrogen) atoms. The number of carboxylic acids is 1. The Morgan fingerprint density at radius 2 is 1.95 bits per heavy atom. The van der Waals surface area contributed by atoms with E-state index in [9.17, 15) is 14.7 Å². The third kappa shape index (κ3) is 2.38. The van der Waals surface area contributed by atoms with Gasteiger partial charge in [-0.15, -0.1) is 11.3 Å². The smallest absolute Gasteiger partial charge is 0.307 e. The molecule has 0 saturated heterocycles. The van der Waals surface area contributed by atoms with Gasteiger partial charge in [0.25, 0.3) is 0 Å². The summed E-state index contributed by atoms with van der Waals surface area (Å²) in [5.41, 5.74) is 0. The van der Waals surface area contributed by atoms with Gasteiger partial charge in [0.2, 0.25) is 5.91 Å². The quantitative estimate of drug-likeness (QED) is 0.836. The number of nitrogens with one attached hydrogen (secondary N) is 1. The second-order valence-electron chi connectivity index (χ2n) is 5.48. The lowest BCUT2D eigenvalue weighted by atomic mass is 9.62. The fourth-order valence-electron chi connectivity index (χ4n) is 3.39. The van der Waals surface area contributed by atoms with Crippen LogP contribution in [0, 0.1) is 23.7 Å². The molecule has 0 radical (unpaired) electrons. The third-order valence-corrected chi connectivity index (χ3v) is 5.23. The summed E-state index contributed by atoms with van der Waals surface area (Å²) in [6, 6.07) is 3.91. The zero-order chi connectivity index (χ0) is 14.1. The van der Waals surface area contributed by atoms with E-state index < -0.39 is 17.8 Å². The zero-order valence-electron chi connectivity index (χ0n) is 11.0. The van der Waals surface area contributed by atoms with E-state index in [-0.39, 0.29) is 17.7 Å². The van der Waals surface area contributed by atoms with Crippen LogP contribution >= 0.6 is 11.3 Å². The molecule has 0 spiro atoms. The lowest BCUT2D eigenvalue weighted by Gasteiger charge is -2.41. The van der Waals surface area contributed by atoms with Crippen molar-refractivity contribution in [2.75, 3.05) is 0 Å². The molecule has 0 aliphatic heterocycles. The monoisotopic (exact) mass is 291 g/mol. The first kappa shape index (κ1) is 13.4. The van der Waals surface area contributed by atoms with Crippen molar-refractivity contribution in [2.45, 2.75) is 19.4 Å². The summed E-state index contributed by atoms with van der Waals surface area (Å²) < 4.78 is 0. The van der Waals surface area contributed by atoms with Gasteiger partial charge >= 0.3 is 5.97 Å². The number of allylic oxidation sites excluding steroid dienone is 2. The van der Waals surface area contributed by atoms with Gasteiger partial charge in [-0.05, 0) is 36.1 Å². The van der Waals surface area contributed by atoms with Crippen LogP contribution in [0.5, 0.6) is 0 Å². The summed E-state index contributed by atoms with van der Waals surface area (Å²) in [7, 11) is 0. The molecule has 2 bridgehead atoms. The van der Waals surface area contributed by atoms with Crippen molar-refractivity contribution < 1.29 is 14.7 Å². The Labute approximate surface area is 121 Å². The second-order valence-corrected chi connectivity index (χ2v) is 6.51. The van der Waals surface area contributed by atoms with Gasteiger partial charge in [0.15, 0.2) is 0 Å². The topological polar surface area (TPSA) is 66.4 Å². The molecule has 1 amide bonds. The lowest BCUT2D eigenvalue weighted by molar-refractivity contribution is -0.153. The number of carbonyl (C=O) groups excluding carboxylic acids is 1. The molecule has 3 aliphatic rings. The molecule has 3 aliphatic carbocycles. The summed E-state index contributed by atoms with van der Waals surface area (Å²) in [4.78, 5) is 25.0. The van der Waals surface area contributed by atoms with E-state index in [2.05, 4.69) is 5.32 Å². The number of hydrogen-bond acceptors (Lipinski definition) is 3. The van der Waals surface area contributed by atoms with Crippen LogP contribution < -0.4 is 5.32 Å².